The molecule has 0 aliphatic carbocycles. The van der Waals surface area contributed by atoms with Gasteiger partial charge in [-0.15, -0.1) is 0 Å². The number of amides is 2. The number of piperazine rings is 1. The van der Waals surface area contributed by atoms with Crippen molar-refractivity contribution >= 4 is 11.8 Å². The molecule has 1 aliphatic heterocycles. The van der Waals surface area contributed by atoms with Crippen molar-refractivity contribution in [3.05, 3.63) is 53.5 Å². The molecule has 2 heterocycles. The van der Waals surface area contributed by atoms with Crippen molar-refractivity contribution in [2.24, 2.45) is 0 Å². The van der Waals surface area contributed by atoms with Gasteiger partial charge in [-0.3, -0.25) is 9.59 Å². The molecule has 0 saturated carbocycles. The zero-order valence-electron chi connectivity index (χ0n) is 15.6. The summed E-state index contributed by atoms with van der Waals surface area (Å²) in [7, 11) is 1.57. The van der Waals surface area contributed by atoms with Crippen molar-refractivity contribution in [2.75, 3.05) is 39.9 Å². The number of para-hydroxylation sites is 1. The van der Waals surface area contributed by atoms with Crippen LogP contribution in [0.4, 0.5) is 0 Å². The van der Waals surface area contributed by atoms with E-state index in [4.69, 9.17) is 13.9 Å². The quantitative estimate of drug-likeness (QED) is 0.779. The molecule has 1 saturated heterocycles. The maximum Gasteiger partial charge on any atom is 0.289 e. The van der Waals surface area contributed by atoms with Gasteiger partial charge in [0.15, 0.2) is 5.76 Å². The first-order valence-electron chi connectivity index (χ1n) is 9.02. The summed E-state index contributed by atoms with van der Waals surface area (Å²) < 4.78 is 16.1. The molecule has 3 rings (SSSR count). The molecule has 2 aromatic rings. The first-order valence-corrected chi connectivity index (χ1v) is 9.02. The second-order valence-corrected chi connectivity index (χ2v) is 6.21. The van der Waals surface area contributed by atoms with Crippen LogP contribution in [-0.2, 0) is 11.3 Å². The van der Waals surface area contributed by atoms with E-state index in [9.17, 15) is 9.59 Å². The third-order valence-corrected chi connectivity index (χ3v) is 4.43. The summed E-state index contributed by atoms with van der Waals surface area (Å²) in [4.78, 5) is 28.9. The molecule has 0 atom stereocenters. The number of methoxy groups -OCH3 is 1. The van der Waals surface area contributed by atoms with Gasteiger partial charge in [-0.05, 0) is 31.2 Å². The topological polar surface area (TPSA) is 72.2 Å². The third-order valence-electron chi connectivity index (χ3n) is 4.43. The van der Waals surface area contributed by atoms with E-state index in [1.807, 2.05) is 19.1 Å². The number of rotatable bonds is 6. The average molecular weight is 372 g/mol. The zero-order chi connectivity index (χ0) is 19.2. The van der Waals surface area contributed by atoms with Crippen LogP contribution in [0.25, 0.3) is 0 Å². The molecule has 0 bridgehead atoms. The van der Waals surface area contributed by atoms with E-state index in [1.54, 1.807) is 41.2 Å². The van der Waals surface area contributed by atoms with E-state index in [0.29, 0.717) is 62.2 Å². The number of furan rings is 1. The van der Waals surface area contributed by atoms with Crippen LogP contribution in [0.3, 0.4) is 0 Å². The molecule has 1 aromatic carbocycles. The zero-order valence-corrected chi connectivity index (χ0v) is 15.6. The van der Waals surface area contributed by atoms with Gasteiger partial charge in [0.2, 0.25) is 0 Å². The molecule has 7 heteroatoms. The van der Waals surface area contributed by atoms with Crippen LogP contribution >= 0.6 is 0 Å². The monoisotopic (exact) mass is 372 g/mol. The molecule has 1 fully saturated rings. The number of ether oxygens (including phenoxy) is 2. The minimum absolute atomic E-state index is 0.0773. The minimum Gasteiger partial charge on any atom is -0.493 e. The molecule has 0 unspecified atom stereocenters. The van der Waals surface area contributed by atoms with E-state index in [1.165, 1.54) is 0 Å². The first kappa shape index (κ1) is 19.0. The lowest BCUT2D eigenvalue weighted by Gasteiger charge is -2.34. The summed E-state index contributed by atoms with van der Waals surface area (Å²) in [5, 5.41) is 0. The number of hydrogen-bond donors (Lipinski definition) is 0. The Kier molecular flexibility index (Phi) is 6.13. The second kappa shape index (κ2) is 8.73. The molecule has 2 amide bonds. The lowest BCUT2D eigenvalue weighted by molar-refractivity contribution is 0.0512. The summed E-state index contributed by atoms with van der Waals surface area (Å²) in [6.07, 6.45) is 0. The van der Waals surface area contributed by atoms with Gasteiger partial charge in [0, 0.05) is 33.3 Å². The molecular weight excluding hydrogens is 348 g/mol. The van der Waals surface area contributed by atoms with E-state index >= 15 is 0 Å². The van der Waals surface area contributed by atoms with Crippen LogP contribution in [-0.4, -0.2) is 61.5 Å². The Bertz CT molecular complexity index is 793. The number of benzene rings is 1. The van der Waals surface area contributed by atoms with Crippen LogP contribution in [0, 0.1) is 0 Å². The lowest BCUT2D eigenvalue weighted by Crippen LogP contribution is -2.50. The Hall–Kier alpha value is -2.80. The highest BCUT2D eigenvalue weighted by molar-refractivity contribution is 5.97. The first-order chi connectivity index (χ1) is 13.1. The van der Waals surface area contributed by atoms with E-state index in [0.717, 1.165) is 0 Å². The van der Waals surface area contributed by atoms with Crippen molar-refractivity contribution < 1.29 is 23.5 Å². The van der Waals surface area contributed by atoms with Gasteiger partial charge in [0.05, 0.1) is 12.2 Å². The fourth-order valence-electron chi connectivity index (χ4n) is 3.08. The maximum atomic E-state index is 12.8. The Morgan fingerprint density at radius 2 is 1.67 bits per heavy atom. The van der Waals surface area contributed by atoms with Gasteiger partial charge in [-0.25, -0.2) is 0 Å². The highest BCUT2D eigenvalue weighted by atomic mass is 16.5. The highest BCUT2D eigenvalue weighted by Gasteiger charge is 2.28. The Balaban J connectivity index is 1.61. The van der Waals surface area contributed by atoms with Crippen LogP contribution in [0.1, 0.15) is 33.6 Å². The Morgan fingerprint density at radius 1 is 1.00 bits per heavy atom. The van der Waals surface area contributed by atoms with Gasteiger partial charge in [0.25, 0.3) is 11.8 Å². The summed E-state index contributed by atoms with van der Waals surface area (Å²) in [6.45, 7) is 4.57. The molecule has 144 valence electrons. The minimum atomic E-state index is -0.167. The Labute approximate surface area is 158 Å². The molecular formula is C20H24N2O5. The molecule has 0 radical (unpaired) electrons. The molecule has 0 spiro atoms. The van der Waals surface area contributed by atoms with Crippen molar-refractivity contribution in [3.63, 3.8) is 0 Å². The summed E-state index contributed by atoms with van der Waals surface area (Å²) in [5.41, 5.74) is 0.550. The number of hydrogen-bond acceptors (Lipinski definition) is 5. The van der Waals surface area contributed by atoms with Gasteiger partial charge in [-0.1, -0.05) is 12.1 Å². The third kappa shape index (κ3) is 4.31. The van der Waals surface area contributed by atoms with Crippen LogP contribution in [0.2, 0.25) is 0 Å². The normalized spacial score (nSPS) is 14.3. The van der Waals surface area contributed by atoms with Crippen LogP contribution < -0.4 is 4.74 Å². The largest absolute Gasteiger partial charge is 0.493 e. The summed E-state index contributed by atoms with van der Waals surface area (Å²) in [5.74, 6) is 1.25. The summed E-state index contributed by atoms with van der Waals surface area (Å²) in [6, 6.07) is 10.6. The van der Waals surface area contributed by atoms with Crippen molar-refractivity contribution in [1.29, 1.82) is 0 Å². The fourth-order valence-corrected chi connectivity index (χ4v) is 3.08. The lowest BCUT2D eigenvalue weighted by atomic mass is 10.1. The highest BCUT2D eigenvalue weighted by Crippen LogP contribution is 2.21. The molecule has 0 N–H and O–H groups in total. The van der Waals surface area contributed by atoms with E-state index < -0.39 is 0 Å². The van der Waals surface area contributed by atoms with Crippen molar-refractivity contribution in [1.82, 2.24) is 9.80 Å². The van der Waals surface area contributed by atoms with E-state index in [-0.39, 0.29) is 11.8 Å². The van der Waals surface area contributed by atoms with Crippen molar-refractivity contribution in [2.45, 2.75) is 13.5 Å². The number of carbonyl (C=O) groups is 2. The number of carbonyl (C=O) groups excluding carboxylic acids is 2. The van der Waals surface area contributed by atoms with E-state index in [2.05, 4.69) is 0 Å². The smallest absolute Gasteiger partial charge is 0.289 e. The fraction of sp³-hybridized carbons (Fsp3) is 0.400. The van der Waals surface area contributed by atoms with Gasteiger partial charge in [0.1, 0.15) is 18.1 Å². The average Bonchev–Trinajstić information content (AvgIpc) is 3.17. The predicted molar refractivity (Wildman–Crippen MR) is 98.8 cm³/mol. The molecule has 1 aliphatic rings. The van der Waals surface area contributed by atoms with Gasteiger partial charge in [-0.2, -0.15) is 0 Å². The standard InChI is InChI=1S/C20H24N2O5/c1-3-26-17-7-5-4-6-16(17)19(23)21-10-12-22(13-11-21)20(24)18-9-8-15(27-18)14-25-2/h4-9H,3,10-14H2,1-2H3. The Morgan fingerprint density at radius 3 is 2.33 bits per heavy atom. The SMILES string of the molecule is CCOc1ccccc1C(=O)N1CCN(C(=O)c2ccc(COC)o2)CC1. The van der Waals surface area contributed by atoms with Gasteiger partial charge >= 0.3 is 0 Å². The molecule has 7 nitrogen and oxygen atoms in total. The maximum absolute atomic E-state index is 12.8. The summed E-state index contributed by atoms with van der Waals surface area (Å²) >= 11 is 0. The molecule has 1 aromatic heterocycles. The predicted octanol–water partition coefficient (Wildman–Crippen LogP) is 2.42. The van der Waals surface area contributed by atoms with Crippen molar-refractivity contribution in [3.8, 4) is 5.75 Å². The number of nitrogens with zero attached hydrogens (tertiary/aromatic N) is 2. The van der Waals surface area contributed by atoms with Crippen LogP contribution in [0.5, 0.6) is 5.75 Å². The van der Waals surface area contributed by atoms with Crippen LogP contribution in [0.15, 0.2) is 40.8 Å². The van der Waals surface area contributed by atoms with Gasteiger partial charge < -0.3 is 23.7 Å². The molecule has 27 heavy (non-hydrogen) atoms. The second-order valence-electron chi connectivity index (χ2n) is 6.21.